The number of carboxylic acid groups (broad SMARTS) is 1. The predicted molar refractivity (Wildman–Crippen MR) is 84.4 cm³/mol. The maximum Gasteiger partial charge on any atom is 0.329 e. The van der Waals surface area contributed by atoms with Crippen molar-refractivity contribution >= 4 is 11.9 Å². The van der Waals surface area contributed by atoms with E-state index < -0.39 is 35.5 Å². The highest BCUT2D eigenvalue weighted by molar-refractivity contribution is 5.85. The molecule has 0 spiro atoms. The summed E-state index contributed by atoms with van der Waals surface area (Å²) >= 11 is 0. The molecule has 0 aromatic heterocycles. The normalized spacial score (nSPS) is 13.0. The number of phenols is 2. The van der Waals surface area contributed by atoms with Crippen LogP contribution in [-0.4, -0.2) is 38.3 Å². The van der Waals surface area contributed by atoms with Crippen LogP contribution >= 0.6 is 0 Å². The largest absolute Gasteiger partial charge is 0.504 e. The van der Waals surface area contributed by atoms with Crippen LogP contribution in [-0.2, 0) is 16.0 Å². The summed E-state index contributed by atoms with van der Waals surface area (Å²) in [5, 5.41) is 40.4. The molecule has 0 aliphatic carbocycles. The first kappa shape index (κ1) is 17.3. The van der Waals surface area contributed by atoms with Crippen LogP contribution in [0.3, 0.4) is 0 Å². The number of aliphatic hydroxyl groups excluding tert-OH is 1. The van der Waals surface area contributed by atoms with Gasteiger partial charge in [0.2, 0.25) is 5.91 Å². The molecule has 2 aromatic rings. The van der Waals surface area contributed by atoms with Gasteiger partial charge in [-0.25, -0.2) is 4.79 Å². The number of hydrogen-bond acceptors (Lipinski definition) is 5. The van der Waals surface area contributed by atoms with Gasteiger partial charge < -0.3 is 25.7 Å². The molecule has 2 rings (SSSR count). The number of carbonyl (C=O) groups excluding carboxylic acids is 1. The van der Waals surface area contributed by atoms with E-state index in [1.807, 2.05) is 0 Å². The SMILES string of the molecule is O=C(Cc1ccccc1)N[C@H](C(=O)O)[C@H](O)c1ccc(O)c(O)c1. The molecule has 5 N–H and O–H groups in total. The second kappa shape index (κ2) is 7.47. The van der Waals surface area contributed by atoms with Gasteiger partial charge in [0, 0.05) is 0 Å². The Kier molecular flexibility index (Phi) is 5.39. The number of aliphatic carboxylic acids is 1. The first-order valence-electron chi connectivity index (χ1n) is 7.14. The quantitative estimate of drug-likeness (QED) is 0.501. The topological polar surface area (TPSA) is 127 Å². The summed E-state index contributed by atoms with van der Waals surface area (Å²) in [6.45, 7) is 0. The van der Waals surface area contributed by atoms with Crippen LogP contribution in [0.4, 0.5) is 0 Å². The van der Waals surface area contributed by atoms with E-state index in [9.17, 15) is 30.0 Å². The minimum absolute atomic E-state index is 0.0296. The molecular weight excluding hydrogens is 314 g/mol. The van der Waals surface area contributed by atoms with Crippen molar-refractivity contribution < 1.29 is 30.0 Å². The first-order chi connectivity index (χ1) is 11.4. The minimum Gasteiger partial charge on any atom is -0.504 e. The van der Waals surface area contributed by atoms with Crippen molar-refractivity contribution in [3.05, 3.63) is 59.7 Å². The van der Waals surface area contributed by atoms with Gasteiger partial charge in [-0.15, -0.1) is 0 Å². The van der Waals surface area contributed by atoms with Crippen molar-refractivity contribution in [3.63, 3.8) is 0 Å². The number of rotatable bonds is 6. The van der Waals surface area contributed by atoms with Crippen LogP contribution in [0.5, 0.6) is 11.5 Å². The Morgan fingerprint density at radius 3 is 2.25 bits per heavy atom. The van der Waals surface area contributed by atoms with E-state index in [0.717, 1.165) is 12.1 Å². The van der Waals surface area contributed by atoms with Crippen LogP contribution in [0.25, 0.3) is 0 Å². The van der Waals surface area contributed by atoms with E-state index in [-0.39, 0.29) is 12.0 Å². The van der Waals surface area contributed by atoms with Gasteiger partial charge in [-0.1, -0.05) is 36.4 Å². The standard InChI is InChI=1S/C17H17NO6/c19-12-7-6-11(9-13(12)20)16(22)15(17(23)24)18-14(21)8-10-4-2-1-3-5-10/h1-7,9,15-16,19-20,22H,8H2,(H,18,21)(H,23,24)/t15-,16+/m0/s1. The van der Waals surface area contributed by atoms with Gasteiger partial charge in [0.05, 0.1) is 6.42 Å². The Labute approximate surface area is 137 Å². The average molecular weight is 331 g/mol. The summed E-state index contributed by atoms with van der Waals surface area (Å²) in [6, 6.07) is 10.6. The Morgan fingerprint density at radius 1 is 1.00 bits per heavy atom. The molecule has 0 saturated carbocycles. The van der Waals surface area contributed by atoms with Gasteiger partial charge in [0.1, 0.15) is 6.10 Å². The van der Waals surface area contributed by atoms with Gasteiger partial charge in [0.15, 0.2) is 17.5 Å². The summed E-state index contributed by atoms with van der Waals surface area (Å²) < 4.78 is 0. The monoisotopic (exact) mass is 331 g/mol. The molecule has 126 valence electrons. The molecule has 0 bridgehead atoms. The Bertz CT molecular complexity index is 731. The third-order valence-electron chi connectivity index (χ3n) is 3.45. The van der Waals surface area contributed by atoms with Gasteiger partial charge in [0.25, 0.3) is 0 Å². The van der Waals surface area contributed by atoms with Gasteiger partial charge in [-0.3, -0.25) is 4.79 Å². The Morgan fingerprint density at radius 2 is 1.67 bits per heavy atom. The number of aromatic hydroxyl groups is 2. The smallest absolute Gasteiger partial charge is 0.329 e. The van der Waals surface area contributed by atoms with Gasteiger partial charge in [-0.2, -0.15) is 0 Å². The molecule has 2 aromatic carbocycles. The van der Waals surface area contributed by atoms with Crippen molar-refractivity contribution in [2.24, 2.45) is 0 Å². The van der Waals surface area contributed by atoms with E-state index in [1.165, 1.54) is 6.07 Å². The zero-order valence-electron chi connectivity index (χ0n) is 12.6. The van der Waals surface area contributed by atoms with E-state index >= 15 is 0 Å². The number of aliphatic hydroxyl groups is 1. The van der Waals surface area contributed by atoms with E-state index in [4.69, 9.17) is 0 Å². The number of benzene rings is 2. The Balaban J connectivity index is 2.12. The van der Waals surface area contributed by atoms with Gasteiger partial charge >= 0.3 is 5.97 Å². The lowest BCUT2D eigenvalue weighted by atomic mass is 10.0. The lowest BCUT2D eigenvalue weighted by Crippen LogP contribution is -2.45. The molecule has 0 unspecified atom stereocenters. The molecular formula is C17H17NO6. The lowest BCUT2D eigenvalue weighted by Gasteiger charge is -2.21. The highest BCUT2D eigenvalue weighted by Gasteiger charge is 2.30. The summed E-state index contributed by atoms with van der Waals surface area (Å²) in [6.07, 6.45) is -1.62. The van der Waals surface area contributed by atoms with Crippen LogP contribution in [0.1, 0.15) is 17.2 Å². The van der Waals surface area contributed by atoms with E-state index in [1.54, 1.807) is 30.3 Å². The van der Waals surface area contributed by atoms with Crippen molar-refractivity contribution in [1.29, 1.82) is 0 Å². The molecule has 0 aliphatic heterocycles. The predicted octanol–water partition coefficient (Wildman–Crippen LogP) is 0.943. The number of phenolic OH excluding ortho intramolecular Hbond substituents is 2. The molecule has 0 aliphatic rings. The number of amides is 1. The third-order valence-corrected chi connectivity index (χ3v) is 3.45. The minimum atomic E-state index is -1.59. The van der Waals surface area contributed by atoms with Crippen LogP contribution in [0.2, 0.25) is 0 Å². The lowest BCUT2D eigenvalue weighted by molar-refractivity contribution is -0.145. The van der Waals surface area contributed by atoms with E-state index in [2.05, 4.69) is 5.32 Å². The molecule has 1 amide bonds. The first-order valence-corrected chi connectivity index (χ1v) is 7.14. The van der Waals surface area contributed by atoms with Crippen LogP contribution < -0.4 is 5.32 Å². The van der Waals surface area contributed by atoms with Crippen molar-refractivity contribution in [2.75, 3.05) is 0 Å². The molecule has 0 fully saturated rings. The number of carboxylic acids is 1. The van der Waals surface area contributed by atoms with Crippen molar-refractivity contribution in [2.45, 2.75) is 18.6 Å². The third kappa shape index (κ3) is 4.23. The van der Waals surface area contributed by atoms with Crippen molar-refractivity contribution in [1.82, 2.24) is 5.32 Å². The van der Waals surface area contributed by atoms with Crippen molar-refractivity contribution in [3.8, 4) is 11.5 Å². The fourth-order valence-electron chi connectivity index (χ4n) is 2.20. The summed E-state index contributed by atoms with van der Waals surface area (Å²) in [5.41, 5.74) is 0.758. The molecule has 0 radical (unpaired) electrons. The number of carbonyl (C=O) groups is 2. The Hall–Kier alpha value is -3.06. The molecule has 7 nitrogen and oxygen atoms in total. The molecule has 0 saturated heterocycles. The van der Waals surface area contributed by atoms with Gasteiger partial charge in [-0.05, 0) is 23.3 Å². The molecule has 2 atom stereocenters. The second-order valence-electron chi connectivity index (χ2n) is 5.24. The molecule has 0 heterocycles. The average Bonchev–Trinajstić information content (AvgIpc) is 2.55. The molecule has 24 heavy (non-hydrogen) atoms. The zero-order valence-corrected chi connectivity index (χ0v) is 12.6. The summed E-state index contributed by atoms with van der Waals surface area (Å²) in [4.78, 5) is 23.4. The fraction of sp³-hybridized carbons (Fsp3) is 0.176. The fourth-order valence-corrected chi connectivity index (χ4v) is 2.20. The number of nitrogens with one attached hydrogen (secondary N) is 1. The summed E-state index contributed by atoms with van der Waals surface area (Å²) in [7, 11) is 0. The highest BCUT2D eigenvalue weighted by atomic mass is 16.4. The molecule has 7 heteroatoms. The second-order valence-corrected chi connectivity index (χ2v) is 5.24. The van der Waals surface area contributed by atoms with E-state index in [0.29, 0.717) is 5.56 Å². The summed E-state index contributed by atoms with van der Waals surface area (Å²) in [5.74, 6) is -2.87. The maximum absolute atomic E-state index is 12.0. The van der Waals surface area contributed by atoms with Crippen LogP contribution in [0.15, 0.2) is 48.5 Å². The zero-order chi connectivity index (χ0) is 17.7. The maximum atomic E-state index is 12.0. The highest BCUT2D eigenvalue weighted by Crippen LogP contribution is 2.29. The number of hydrogen-bond donors (Lipinski definition) is 5. The van der Waals surface area contributed by atoms with Crippen LogP contribution in [0, 0.1) is 0 Å².